The number of hydrogen-bond acceptors (Lipinski definition) is 3. The van der Waals surface area contributed by atoms with Crippen molar-refractivity contribution in [1.29, 1.82) is 0 Å². The van der Waals surface area contributed by atoms with Gasteiger partial charge in [0.05, 0.1) is 18.8 Å². The van der Waals surface area contributed by atoms with E-state index in [-0.39, 0.29) is 18.6 Å². The van der Waals surface area contributed by atoms with Crippen LogP contribution in [0.4, 0.5) is 0 Å². The summed E-state index contributed by atoms with van der Waals surface area (Å²) < 4.78 is 5.16. The minimum absolute atomic E-state index is 0.0655. The molecule has 0 saturated carbocycles. The predicted molar refractivity (Wildman–Crippen MR) is 47.9 cm³/mol. The summed E-state index contributed by atoms with van der Waals surface area (Å²) in [5.41, 5.74) is 0. The lowest BCUT2D eigenvalue weighted by atomic mass is 10.0. The molecule has 0 spiro atoms. The number of ether oxygens (including phenoxy) is 1. The zero-order valence-electron chi connectivity index (χ0n) is 8.32. The van der Waals surface area contributed by atoms with E-state index < -0.39 is 12.2 Å². The molecule has 3 heteroatoms. The summed E-state index contributed by atoms with van der Waals surface area (Å²) in [5.74, 6) is 0.0655. The fourth-order valence-electron chi connectivity index (χ4n) is 0.834. The second kappa shape index (κ2) is 5.51. The lowest BCUT2D eigenvalue weighted by Crippen LogP contribution is -2.35. The minimum atomic E-state index is -0.771. The highest BCUT2D eigenvalue weighted by molar-refractivity contribution is 4.69. The van der Waals surface area contributed by atoms with Gasteiger partial charge in [0.15, 0.2) is 0 Å². The van der Waals surface area contributed by atoms with E-state index in [2.05, 4.69) is 0 Å². The van der Waals surface area contributed by atoms with Gasteiger partial charge in [0, 0.05) is 0 Å². The van der Waals surface area contributed by atoms with Crippen molar-refractivity contribution >= 4 is 0 Å². The molecule has 2 atom stereocenters. The van der Waals surface area contributed by atoms with Gasteiger partial charge in [-0.15, -0.1) is 0 Å². The molecule has 74 valence electrons. The van der Waals surface area contributed by atoms with Crippen molar-refractivity contribution < 1.29 is 14.9 Å². The summed E-state index contributed by atoms with van der Waals surface area (Å²) in [6, 6.07) is 0. The van der Waals surface area contributed by atoms with Gasteiger partial charge in [-0.1, -0.05) is 13.8 Å². The fourth-order valence-corrected chi connectivity index (χ4v) is 0.834. The summed E-state index contributed by atoms with van der Waals surface area (Å²) in [6.07, 6.45) is -1.37. The average Bonchev–Trinajstić information content (AvgIpc) is 1.98. The molecule has 0 radical (unpaired) electrons. The molecular formula is C9H20O3. The smallest absolute Gasteiger partial charge is 0.103 e. The Labute approximate surface area is 74.4 Å². The van der Waals surface area contributed by atoms with Crippen LogP contribution in [-0.2, 0) is 4.74 Å². The molecule has 0 heterocycles. The first kappa shape index (κ1) is 11.9. The van der Waals surface area contributed by atoms with Gasteiger partial charge in [0.2, 0.25) is 0 Å². The summed E-state index contributed by atoms with van der Waals surface area (Å²) >= 11 is 0. The Bertz CT molecular complexity index is 112. The van der Waals surface area contributed by atoms with Crippen molar-refractivity contribution in [3.63, 3.8) is 0 Å². The first-order valence-corrected chi connectivity index (χ1v) is 4.43. The third-order valence-corrected chi connectivity index (χ3v) is 1.68. The van der Waals surface area contributed by atoms with Gasteiger partial charge in [0.25, 0.3) is 0 Å². The van der Waals surface area contributed by atoms with E-state index in [1.165, 1.54) is 0 Å². The van der Waals surface area contributed by atoms with Gasteiger partial charge in [-0.05, 0) is 19.8 Å². The van der Waals surface area contributed by atoms with Gasteiger partial charge in [-0.3, -0.25) is 0 Å². The minimum Gasteiger partial charge on any atom is -0.390 e. The molecule has 0 saturated heterocycles. The first-order chi connectivity index (χ1) is 5.45. The molecule has 0 aliphatic rings. The largest absolute Gasteiger partial charge is 0.390 e. The van der Waals surface area contributed by atoms with Crippen LogP contribution in [0.25, 0.3) is 0 Å². The maximum absolute atomic E-state index is 9.38. The highest BCUT2D eigenvalue weighted by Gasteiger charge is 2.19. The summed E-state index contributed by atoms with van der Waals surface area (Å²) in [4.78, 5) is 0. The van der Waals surface area contributed by atoms with Gasteiger partial charge in [-0.25, -0.2) is 0 Å². The molecule has 2 unspecified atom stereocenters. The van der Waals surface area contributed by atoms with Crippen LogP contribution < -0.4 is 0 Å². The molecule has 0 aromatic carbocycles. The molecular weight excluding hydrogens is 156 g/mol. The van der Waals surface area contributed by atoms with Gasteiger partial charge in [-0.2, -0.15) is 0 Å². The van der Waals surface area contributed by atoms with Gasteiger partial charge >= 0.3 is 0 Å². The van der Waals surface area contributed by atoms with Crippen molar-refractivity contribution in [3.8, 4) is 0 Å². The monoisotopic (exact) mass is 176 g/mol. The lowest BCUT2D eigenvalue weighted by molar-refractivity contribution is -0.0674. The van der Waals surface area contributed by atoms with Crippen molar-refractivity contribution in [2.45, 2.75) is 46.0 Å². The van der Waals surface area contributed by atoms with E-state index in [4.69, 9.17) is 4.74 Å². The first-order valence-electron chi connectivity index (χ1n) is 4.43. The van der Waals surface area contributed by atoms with Crippen LogP contribution >= 0.6 is 0 Å². The second-order valence-corrected chi connectivity index (χ2v) is 3.68. The maximum atomic E-state index is 9.38. The van der Waals surface area contributed by atoms with Crippen molar-refractivity contribution in [2.75, 3.05) is 6.61 Å². The van der Waals surface area contributed by atoms with Crippen LogP contribution in [0.15, 0.2) is 0 Å². The van der Waals surface area contributed by atoms with Crippen molar-refractivity contribution in [3.05, 3.63) is 0 Å². The second-order valence-electron chi connectivity index (χ2n) is 3.68. The molecule has 12 heavy (non-hydrogen) atoms. The molecule has 0 aliphatic heterocycles. The molecule has 0 fully saturated rings. The Hall–Kier alpha value is -0.120. The third kappa shape index (κ3) is 4.70. The quantitative estimate of drug-likeness (QED) is 0.651. The van der Waals surface area contributed by atoms with Crippen LogP contribution in [0.1, 0.15) is 27.7 Å². The van der Waals surface area contributed by atoms with Crippen LogP contribution in [0.3, 0.4) is 0 Å². The Morgan fingerprint density at radius 3 is 1.92 bits per heavy atom. The summed E-state index contributed by atoms with van der Waals surface area (Å²) in [6.45, 7) is 7.73. The topological polar surface area (TPSA) is 49.7 Å². The van der Waals surface area contributed by atoms with E-state index >= 15 is 0 Å². The number of rotatable bonds is 5. The highest BCUT2D eigenvalue weighted by atomic mass is 16.5. The van der Waals surface area contributed by atoms with Crippen LogP contribution in [0, 0.1) is 5.92 Å². The zero-order valence-corrected chi connectivity index (χ0v) is 8.32. The zero-order chi connectivity index (χ0) is 9.72. The Kier molecular flexibility index (Phi) is 5.46. The summed E-state index contributed by atoms with van der Waals surface area (Å²) in [5, 5.41) is 18.7. The molecule has 0 rings (SSSR count). The van der Waals surface area contributed by atoms with E-state index in [0.29, 0.717) is 0 Å². The van der Waals surface area contributed by atoms with E-state index in [1.807, 2.05) is 27.7 Å². The number of hydrogen-bond donors (Lipinski definition) is 2. The SMILES string of the molecule is CC(C)OCC(O)C(O)C(C)C. The molecule has 3 nitrogen and oxygen atoms in total. The average molecular weight is 176 g/mol. The van der Waals surface area contributed by atoms with Crippen LogP contribution in [0.5, 0.6) is 0 Å². The van der Waals surface area contributed by atoms with Crippen LogP contribution in [-0.4, -0.2) is 35.1 Å². The molecule has 0 aliphatic carbocycles. The molecule has 0 aromatic heterocycles. The highest BCUT2D eigenvalue weighted by Crippen LogP contribution is 2.07. The Morgan fingerprint density at radius 1 is 1.08 bits per heavy atom. The number of aliphatic hydroxyl groups excluding tert-OH is 2. The van der Waals surface area contributed by atoms with Crippen molar-refractivity contribution in [2.24, 2.45) is 5.92 Å². The normalized spacial score (nSPS) is 17.0. The molecule has 2 N–H and O–H groups in total. The maximum Gasteiger partial charge on any atom is 0.103 e. The van der Waals surface area contributed by atoms with Gasteiger partial charge in [0.1, 0.15) is 6.10 Å². The number of aliphatic hydroxyl groups is 2. The fraction of sp³-hybridized carbons (Fsp3) is 1.00. The Morgan fingerprint density at radius 2 is 1.58 bits per heavy atom. The Balaban J connectivity index is 3.64. The lowest BCUT2D eigenvalue weighted by Gasteiger charge is -2.21. The van der Waals surface area contributed by atoms with Gasteiger partial charge < -0.3 is 14.9 Å². The third-order valence-electron chi connectivity index (χ3n) is 1.68. The predicted octanol–water partition coefficient (Wildman–Crippen LogP) is 0.789. The van der Waals surface area contributed by atoms with Crippen molar-refractivity contribution in [1.82, 2.24) is 0 Å². The molecule has 0 amide bonds. The van der Waals surface area contributed by atoms with E-state index in [9.17, 15) is 10.2 Å². The summed E-state index contributed by atoms with van der Waals surface area (Å²) in [7, 11) is 0. The molecule has 0 aromatic rings. The van der Waals surface area contributed by atoms with Crippen LogP contribution in [0.2, 0.25) is 0 Å². The van der Waals surface area contributed by atoms with E-state index in [0.717, 1.165) is 0 Å². The molecule has 0 bridgehead atoms. The van der Waals surface area contributed by atoms with E-state index in [1.54, 1.807) is 0 Å². The standard InChI is InChI=1S/C9H20O3/c1-6(2)9(11)8(10)5-12-7(3)4/h6-11H,5H2,1-4H3.